The highest BCUT2D eigenvalue weighted by molar-refractivity contribution is 5.04. The topological polar surface area (TPSA) is 21.1 Å². The van der Waals surface area contributed by atoms with Crippen molar-refractivity contribution in [2.45, 2.75) is 57.4 Å². The quantitative estimate of drug-likeness (QED) is 0.821. The van der Waals surface area contributed by atoms with E-state index in [1.54, 1.807) is 0 Å². The first kappa shape index (κ1) is 12.9. The predicted octanol–water partition coefficient (Wildman–Crippen LogP) is 3.27. The first-order valence-corrected chi connectivity index (χ1v) is 8.62. The van der Waals surface area contributed by atoms with Crippen LogP contribution < -0.4 is 0 Å². The lowest BCUT2D eigenvalue weighted by Crippen LogP contribution is -2.39. The van der Waals surface area contributed by atoms with E-state index in [4.69, 9.17) is 4.98 Å². The fraction of sp³-hybridized carbons (Fsp3) is 0.824. The maximum absolute atomic E-state index is 4.70. The zero-order chi connectivity index (χ0) is 13.4. The van der Waals surface area contributed by atoms with E-state index in [0.717, 1.165) is 11.8 Å². The van der Waals surface area contributed by atoms with Crippen molar-refractivity contribution in [2.75, 3.05) is 19.6 Å². The molecule has 4 rings (SSSR count). The smallest absolute Gasteiger partial charge is 0.113 e. The molecule has 1 saturated heterocycles. The molecule has 0 unspecified atom stereocenters. The van der Waals surface area contributed by atoms with Crippen LogP contribution in [0.25, 0.3) is 0 Å². The van der Waals surface area contributed by atoms with E-state index in [1.807, 2.05) is 6.20 Å². The number of hydrogen-bond donors (Lipinski definition) is 0. The number of hydrogen-bond acceptors (Lipinski definition) is 2. The van der Waals surface area contributed by atoms with Gasteiger partial charge in [0, 0.05) is 37.9 Å². The van der Waals surface area contributed by atoms with Gasteiger partial charge in [-0.05, 0) is 56.9 Å². The number of likely N-dealkylation sites (tertiary alicyclic amines) is 1. The fourth-order valence-electron chi connectivity index (χ4n) is 3.89. The molecule has 2 heterocycles. The van der Waals surface area contributed by atoms with E-state index in [-0.39, 0.29) is 0 Å². The van der Waals surface area contributed by atoms with Gasteiger partial charge in [0.2, 0.25) is 0 Å². The molecule has 20 heavy (non-hydrogen) atoms. The molecule has 0 spiro atoms. The lowest BCUT2D eigenvalue weighted by Gasteiger charge is -2.37. The van der Waals surface area contributed by atoms with Crippen LogP contribution in [0.3, 0.4) is 0 Å². The molecule has 0 N–H and O–H groups in total. The summed E-state index contributed by atoms with van der Waals surface area (Å²) in [6.45, 7) is 5.13. The second-order valence-electron chi connectivity index (χ2n) is 7.28. The second kappa shape index (κ2) is 5.51. The van der Waals surface area contributed by atoms with Gasteiger partial charge in [0.25, 0.3) is 0 Å². The SMILES string of the molecule is c1cn(CC2CC2)c([C@H]2CCCN(CC3CCC3)C2)n1. The molecule has 110 valence electrons. The van der Waals surface area contributed by atoms with Gasteiger partial charge in [-0.15, -0.1) is 0 Å². The van der Waals surface area contributed by atoms with Gasteiger partial charge in [-0.2, -0.15) is 0 Å². The van der Waals surface area contributed by atoms with Gasteiger partial charge in [0.05, 0.1) is 0 Å². The third kappa shape index (κ3) is 2.78. The molecule has 1 aromatic rings. The number of aromatic nitrogens is 2. The van der Waals surface area contributed by atoms with E-state index in [9.17, 15) is 0 Å². The Kier molecular flexibility index (Phi) is 3.55. The molecule has 3 nitrogen and oxygen atoms in total. The first-order chi connectivity index (χ1) is 9.88. The Morgan fingerprint density at radius 1 is 1.00 bits per heavy atom. The standard InChI is InChI=1S/C17H27N3/c1-3-14(4-1)11-19-9-2-5-16(13-19)17-18-8-10-20(17)12-15-6-7-15/h8,10,14-16H,1-7,9,11-13H2/t16-/m0/s1. The summed E-state index contributed by atoms with van der Waals surface area (Å²) in [4.78, 5) is 7.42. The highest BCUT2D eigenvalue weighted by atomic mass is 15.2. The summed E-state index contributed by atoms with van der Waals surface area (Å²) in [5.41, 5.74) is 0. The second-order valence-corrected chi connectivity index (χ2v) is 7.28. The van der Waals surface area contributed by atoms with E-state index in [1.165, 1.54) is 76.9 Å². The minimum atomic E-state index is 0.678. The Hall–Kier alpha value is -0.830. The molecule has 3 heteroatoms. The zero-order valence-corrected chi connectivity index (χ0v) is 12.5. The summed E-state index contributed by atoms with van der Waals surface area (Å²) in [7, 11) is 0. The molecule has 0 bridgehead atoms. The van der Waals surface area contributed by atoms with Crippen molar-refractivity contribution in [3.8, 4) is 0 Å². The Labute approximate surface area is 122 Å². The number of rotatable bonds is 5. The van der Waals surface area contributed by atoms with Crippen LogP contribution in [0.1, 0.15) is 56.7 Å². The van der Waals surface area contributed by atoms with Crippen LogP contribution in [0.5, 0.6) is 0 Å². The van der Waals surface area contributed by atoms with Crippen LogP contribution in [-0.4, -0.2) is 34.1 Å². The van der Waals surface area contributed by atoms with Crippen LogP contribution in [0.2, 0.25) is 0 Å². The molecular formula is C17H27N3. The van der Waals surface area contributed by atoms with Crippen LogP contribution in [-0.2, 0) is 6.54 Å². The van der Waals surface area contributed by atoms with Crippen molar-refractivity contribution in [1.29, 1.82) is 0 Å². The minimum absolute atomic E-state index is 0.678. The predicted molar refractivity (Wildman–Crippen MR) is 80.7 cm³/mol. The molecule has 2 aliphatic carbocycles. The molecule has 3 aliphatic rings. The average Bonchev–Trinajstić information content (AvgIpc) is 3.10. The van der Waals surface area contributed by atoms with Crippen LogP contribution in [0.4, 0.5) is 0 Å². The summed E-state index contributed by atoms with van der Waals surface area (Å²) in [5.74, 6) is 3.99. The van der Waals surface area contributed by atoms with Crippen LogP contribution >= 0.6 is 0 Å². The van der Waals surface area contributed by atoms with Gasteiger partial charge in [-0.25, -0.2) is 4.98 Å². The molecule has 0 radical (unpaired) electrons. The van der Waals surface area contributed by atoms with Gasteiger partial charge in [-0.1, -0.05) is 6.42 Å². The van der Waals surface area contributed by atoms with E-state index in [2.05, 4.69) is 15.7 Å². The maximum Gasteiger partial charge on any atom is 0.113 e. The van der Waals surface area contributed by atoms with Crippen molar-refractivity contribution in [3.05, 3.63) is 18.2 Å². The van der Waals surface area contributed by atoms with Gasteiger partial charge < -0.3 is 9.47 Å². The molecule has 1 aliphatic heterocycles. The molecule has 1 aromatic heterocycles. The monoisotopic (exact) mass is 273 g/mol. The van der Waals surface area contributed by atoms with Crippen LogP contribution in [0, 0.1) is 11.8 Å². The number of imidazole rings is 1. The first-order valence-electron chi connectivity index (χ1n) is 8.62. The summed E-state index contributed by atoms with van der Waals surface area (Å²) in [5, 5.41) is 0. The Balaban J connectivity index is 1.40. The van der Waals surface area contributed by atoms with E-state index in [0.29, 0.717) is 5.92 Å². The largest absolute Gasteiger partial charge is 0.334 e. The fourth-order valence-corrected chi connectivity index (χ4v) is 3.89. The normalized spacial score (nSPS) is 28.5. The van der Waals surface area contributed by atoms with Gasteiger partial charge >= 0.3 is 0 Å². The molecule has 0 amide bonds. The Morgan fingerprint density at radius 3 is 2.60 bits per heavy atom. The highest BCUT2D eigenvalue weighted by Crippen LogP contribution is 2.34. The molecule has 0 aromatic carbocycles. The summed E-state index contributed by atoms with van der Waals surface area (Å²) < 4.78 is 2.45. The number of nitrogens with zero attached hydrogens (tertiary/aromatic N) is 3. The van der Waals surface area contributed by atoms with Crippen LogP contribution in [0.15, 0.2) is 12.4 Å². The van der Waals surface area contributed by atoms with Crippen molar-refractivity contribution in [2.24, 2.45) is 11.8 Å². The summed E-state index contributed by atoms with van der Waals surface area (Å²) >= 11 is 0. The molecule has 1 atom stereocenters. The Morgan fingerprint density at radius 2 is 1.85 bits per heavy atom. The lowest BCUT2D eigenvalue weighted by atomic mass is 9.84. The third-order valence-corrected chi connectivity index (χ3v) is 5.51. The van der Waals surface area contributed by atoms with Crippen molar-refractivity contribution < 1.29 is 0 Å². The maximum atomic E-state index is 4.70. The molecule has 2 saturated carbocycles. The van der Waals surface area contributed by atoms with E-state index < -0.39 is 0 Å². The van der Waals surface area contributed by atoms with Crippen molar-refractivity contribution >= 4 is 0 Å². The Bertz CT molecular complexity index is 445. The molecular weight excluding hydrogens is 246 g/mol. The zero-order valence-electron chi connectivity index (χ0n) is 12.5. The van der Waals surface area contributed by atoms with Gasteiger partial charge in [0.1, 0.15) is 5.82 Å². The molecule has 3 fully saturated rings. The summed E-state index contributed by atoms with van der Waals surface area (Å²) in [6, 6.07) is 0. The lowest BCUT2D eigenvalue weighted by molar-refractivity contribution is 0.141. The van der Waals surface area contributed by atoms with Gasteiger partial charge in [0.15, 0.2) is 0 Å². The van der Waals surface area contributed by atoms with E-state index >= 15 is 0 Å². The van der Waals surface area contributed by atoms with Crippen molar-refractivity contribution in [3.63, 3.8) is 0 Å². The summed E-state index contributed by atoms with van der Waals surface area (Å²) in [6.07, 6.45) is 14.2. The van der Waals surface area contributed by atoms with Crippen molar-refractivity contribution in [1.82, 2.24) is 14.5 Å². The third-order valence-electron chi connectivity index (χ3n) is 5.51. The minimum Gasteiger partial charge on any atom is -0.334 e. The number of piperidine rings is 1. The van der Waals surface area contributed by atoms with Gasteiger partial charge in [-0.3, -0.25) is 0 Å². The highest BCUT2D eigenvalue weighted by Gasteiger charge is 2.29. The average molecular weight is 273 g/mol.